The van der Waals surface area contributed by atoms with Gasteiger partial charge in [-0.2, -0.15) is 5.10 Å². The predicted octanol–water partition coefficient (Wildman–Crippen LogP) is 3.63. The van der Waals surface area contributed by atoms with Crippen LogP contribution in [0.5, 0.6) is 11.5 Å². The second-order valence-corrected chi connectivity index (χ2v) is 5.33. The fourth-order valence-corrected chi connectivity index (χ4v) is 1.93. The molecule has 1 N–H and O–H groups in total. The molecule has 0 spiro atoms. The van der Waals surface area contributed by atoms with Gasteiger partial charge < -0.3 is 9.47 Å². The Kier molecular flexibility index (Phi) is 7.43. The Balaban J connectivity index is 2.77. The Bertz CT molecular complexity index is 509. The molecule has 0 atom stereocenters. The minimum Gasteiger partial charge on any atom is -0.493 e. The molecule has 1 aromatic carbocycles. The van der Waals surface area contributed by atoms with Crippen LogP contribution in [0, 0.1) is 5.92 Å². The zero-order valence-corrected chi connectivity index (χ0v) is 14.1. The average molecular weight is 306 g/mol. The molecule has 1 rings (SSSR count). The monoisotopic (exact) mass is 306 g/mol. The van der Waals surface area contributed by atoms with Gasteiger partial charge in [-0.15, -0.1) is 0 Å². The SMILES string of the molecule is CCC(C=NNC(=O)c1ccc(OC(C)C)c(OC)c1)CC. The van der Waals surface area contributed by atoms with Gasteiger partial charge >= 0.3 is 0 Å². The number of methoxy groups -OCH3 is 1. The highest BCUT2D eigenvalue weighted by atomic mass is 16.5. The third kappa shape index (κ3) is 5.39. The number of hydrogen-bond donors (Lipinski definition) is 1. The number of carbonyl (C=O) groups is 1. The summed E-state index contributed by atoms with van der Waals surface area (Å²) >= 11 is 0. The molecule has 1 amide bonds. The molecule has 5 nitrogen and oxygen atoms in total. The zero-order chi connectivity index (χ0) is 16.5. The minimum absolute atomic E-state index is 0.0400. The smallest absolute Gasteiger partial charge is 0.271 e. The van der Waals surface area contributed by atoms with Crippen LogP contribution in [-0.4, -0.2) is 25.3 Å². The summed E-state index contributed by atoms with van der Waals surface area (Å²) in [5.74, 6) is 1.27. The first kappa shape index (κ1) is 18.0. The van der Waals surface area contributed by atoms with Gasteiger partial charge in [-0.25, -0.2) is 5.43 Å². The molecule has 0 saturated heterocycles. The first-order chi connectivity index (χ1) is 10.5. The summed E-state index contributed by atoms with van der Waals surface area (Å²) in [5, 5.41) is 4.02. The lowest BCUT2D eigenvalue weighted by Crippen LogP contribution is -2.18. The Morgan fingerprint density at radius 3 is 2.50 bits per heavy atom. The normalized spacial score (nSPS) is 11.2. The summed E-state index contributed by atoms with van der Waals surface area (Å²) in [6.07, 6.45) is 3.83. The van der Waals surface area contributed by atoms with Gasteiger partial charge in [-0.1, -0.05) is 13.8 Å². The van der Waals surface area contributed by atoms with Crippen molar-refractivity contribution in [3.8, 4) is 11.5 Å². The van der Waals surface area contributed by atoms with Gasteiger partial charge in [0.2, 0.25) is 0 Å². The zero-order valence-electron chi connectivity index (χ0n) is 14.1. The lowest BCUT2D eigenvalue weighted by molar-refractivity contribution is 0.0954. The molecular formula is C17H26N2O3. The van der Waals surface area contributed by atoms with Crippen molar-refractivity contribution >= 4 is 12.1 Å². The number of carbonyl (C=O) groups excluding carboxylic acids is 1. The molecular weight excluding hydrogens is 280 g/mol. The van der Waals surface area contributed by atoms with E-state index in [9.17, 15) is 4.79 Å². The van der Waals surface area contributed by atoms with Crippen LogP contribution in [0.1, 0.15) is 50.9 Å². The largest absolute Gasteiger partial charge is 0.493 e. The summed E-state index contributed by atoms with van der Waals surface area (Å²) in [6.45, 7) is 8.07. The highest BCUT2D eigenvalue weighted by molar-refractivity contribution is 5.95. The maximum atomic E-state index is 12.1. The van der Waals surface area contributed by atoms with E-state index in [1.165, 1.54) is 0 Å². The van der Waals surface area contributed by atoms with Crippen LogP contribution < -0.4 is 14.9 Å². The first-order valence-corrected chi connectivity index (χ1v) is 7.69. The molecule has 122 valence electrons. The van der Waals surface area contributed by atoms with Crippen LogP contribution in [0.3, 0.4) is 0 Å². The number of nitrogens with one attached hydrogen (secondary N) is 1. The lowest BCUT2D eigenvalue weighted by Gasteiger charge is -2.14. The van der Waals surface area contributed by atoms with Crippen molar-refractivity contribution in [3.05, 3.63) is 23.8 Å². The van der Waals surface area contributed by atoms with Crippen molar-refractivity contribution < 1.29 is 14.3 Å². The predicted molar refractivity (Wildman–Crippen MR) is 88.8 cm³/mol. The quantitative estimate of drug-likeness (QED) is 0.589. The van der Waals surface area contributed by atoms with Gasteiger partial charge in [0.25, 0.3) is 5.91 Å². The molecule has 22 heavy (non-hydrogen) atoms. The number of hydrazone groups is 1. The molecule has 0 radical (unpaired) electrons. The Morgan fingerprint density at radius 1 is 1.27 bits per heavy atom. The fraction of sp³-hybridized carbons (Fsp3) is 0.529. The topological polar surface area (TPSA) is 59.9 Å². The third-order valence-corrected chi connectivity index (χ3v) is 3.29. The first-order valence-electron chi connectivity index (χ1n) is 7.69. The number of hydrogen-bond acceptors (Lipinski definition) is 4. The van der Waals surface area contributed by atoms with E-state index in [0.717, 1.165) is 12.8 Å². The molecule has 0 bridgehead atoms. The molecule has 5 heteroatoms. The van der Waals surface area contributed by atoms with Crippen LogP contribution in [0.25, 0.3) is 0 Å². The molecule has 0 heterocycles. The van der Waals surface area contributed by atoms with Crippen molar-refractivity contribution in [2.24, 2.45) is 11.0 Å². The van der Waals surface area contributed by atoms with E-state index in [2.05, 4.69) is 24.4 Å². The van der Waals surface area contributed by atoms with Gasteiger partial charge in [0, 0.05) is 11.8 Å². The van der Waals surface area contributed by atoms with E-state index in [0.29, 0.717) is 23.0 Å². The van der Waals surface area contributed by atoms with Crippen LogP contribution in [0.15, 0.2) is 23.3 Å². The number of ether oxygens (including phenoxy) is 2. The van der Waals surface area contributed by atoms with E-state index >= 15 is 0 Å². The number of benzene rings is 1. The molecule has 0 aliphatic rings. The van der Waals surface area contributed by atoms with Crippen molar-refractivity contribution in [1.29, 1.82) is 0 Å². The van der Waals surface area contributed by atoms with Crippen molar-refractivity contribution in [2.75, 3.05) is 7.11 Å². The van der Waals surface area contributed by atoms with E-state index in [-0.39, 0.29) is 12.0 Å². The fourth-order valence-electron chi connectivity index (χ4n) is 1.93. The molecule has 0 aliphatic carbocycles. The standard InChI is InChI=1S/C17H26N2O3/c1-6-13(7-2)11-18-19-17(20)14-8-9-15(22-12(3)4)16(10-14)21-5/h8-13H,6-7H2,1-5H3,(H,19,20). The molecule has 0 saturated carbocycles. The van der Waals surface area contributed by atoms with Crippen molar-refractivity contribution in [2.45, 2.75) is 46.6 Å². The van der Waals surface area contributed by atoms with Gasteiger partial charge in [-0.05, 0) is 50.8 Å². The Labute approximate surface area is 132 Å². The summed E-state index contributed by atoms with van der Waals surface area (Å²) in [6, 6.07) is 5.08. The van der Waals surface area contributed by atoms with E-state index in [1.54, 1.807) is 31.5 Å². The molecule has 0 unspecified atom stereocenters. The van der Waals surface area contributed by atoms with Gasteiger partial charge in [0.15, 0.2) is 11.5 Å². The highest BCUT2D eigenvalue weighted by Crippen LogP contribution is 2.28. The minimum atomic E-state index is -0.267. The summed E-state index contributed by atoms with van der Waals surface area (Å²) < 4.78 is 10.9. The Hall–Kier alpha value is -2.04. The third-order valence-electron chi connectivity index (χ3n) is 3.29. The van der Waals surface area contributed by atoms with Gasteiger partial charge in [0.1, 0.15) is 0 Å². The number of rotatable bonds is 8. The molecule has 0 fully saturated rings. The lowest BCUT2D eigenvalue weighted by atomic mass is 10.1. The summed E-state index contributed by atoms with van der Waals surface area (Å²) in [5.41, 5.74) is 3.02. The van der Waals surface area contributed by atoms with Crippen molar-refractivity contribution in [1.82, 2.24) is 5.43 Å². The van der Waals surface area contributed by atoms with Crippen molar-refractivity contribution in [3.63, 3.8) is 0 Å². The second kappa shape index (κ2) is 9.07. The van der Waals surface area contributed by atoms with E-state index in [1.807, 2.05) is 13.8 Å². The average Bonchev–Trinajstić information content (AvgIpc) is 2.51. The van der Waals surface area contributed by atoms with Gasteiger partial charge in [0.05, 0.1) is 13.2 Å². The maximum absolute atomic E-state index is 12.1. The molecule has 1 aromatic rings. The molecule has 0 aliphatic heterocycles. The summed E-state index contributed by atoms with van der Waals surface area (Å²) in [4.78, 5) is 12.1. The highest BCUT2D eigenvalue weighted by Gasteiger charge is 2.11. The van der Waals surface area contributed by atoms with Crippen LogP contribution in [-0.2, 0) is 0 Å². The van der Waals surface area contributed by atoms with Crippen LogP contribution in [0.4, 0.5) is 0 Å². The second-order valence-electron chi connectivity index (χ2n) is 5.33. The van der Waals surface area contributed by atoms with Gasteiger partial charge in [-0.3, -0.25) is 4.79 Å². The number of nitrogens with zero attached hydrogens (tertiary/aromatic N) is 1. The number of amides is 1. The Morgan fingerprint density at radius 2 is 1.95 bits per heavy atom. The van der Waals surface area contributed by atoms with Crippen LogP contribution in [0.2, 0.25) is 0 Å². The van der Waals surface area contributed by atoms with E-state index < -0.39 is 0 Å². The van der Waals surface area contributed by atoms with E-state index in [4.69, 9.17) is 9.47 Å². The molecule has 0 aromatic heterocycles. The summed E-state index contributed by atoms with van der Waals surface area (Å²) in [7, 11) is 1.55. The van der Waals surface area contributed by atoms with Crippen LogP contribution >= 0.6 is 0 Å². The maximum Gasteiger partial charge on any atom is 0.271 e.